The number of piperidine rings is 1. The number of carbonyl (C=O) groups excluding carboxylic acids is 4. The fourth-order valence-corrected chi connectivity index (χ4v) is 12.7. The monoisotopic (exact) mass is 1030 g/mol. The minimum atomic E-state index is -0.732. The molecule has 6 heterocycles. The molecule has 4 aromatic carbocycles. The van der Waals surface area contributed by atoms with Crippen LogP contribution >= 0.6 is 11.3 Å². The van der Waals surface area contributed by atoms with Gasteiger partial charge in [-0.1, -0.05) is 59.9 Å². The number of benzene rings is 4. The highest BCUT2D eigenvalue weighted by Gasteiger charge is 2.33. The molecule has 75 heavy (non-hydrogen) atoms. The standard InChI is InChI=1S/C60H66N8O6S/c1-36-42(43-24-26-52(62-55(43)58(72)74-60(2,3)4)68-32-29-38-12-8-14-44(47(38)35-68)56(70)64-59-61-48-15-6-7-17-51(48)75-59)13-9-16-50(36)73-41-21-18-37(19-22-41)11-10-30-67-31-28-40(34-67)39-20-23-45-49(33-39)66(5)65-54(45)46-25-27-53(69)63-57(46)71/h6-9,12-17,20,23-24,26,33,37,40-41,46H,10-11,18-19,21-22,25,27-32,34-35H2,1-5H3,(H,61,64,70)(H,63,69,71)/t37?,40-,41?,46+/m1/s1. The molecule has 3 aromatic heterocycles. The maximum atomic E-state index is 14.1. The maximum Gasteiger partial charge on any atom is 0.358 e. The largest absolute Gasteiger partial charge is 0.490 e. The number of amides is 3. The van der Waals surface area contributed by atoms with Gasteiger partial charge in [0.05, 0.1) is 33.4 Å². The number of esters is 1. The molecule has 11 rings (SSSR count). The first-order chi connectivity index (χ1) is 36.2. The number of likely N-dealkylation sites (tertiary alicyclic amines) is 1. The molecule has 0 bridgehead atoms. The van der Waals surface area contributed by atoms with Gasteiger partial charge in [0.25, 0.3) is 5.91 Å². The van der Waals surface area contributed by atoms with Gasteiger partial charge in [-0.25, -0.2) is 14.8 Å². The molecule has 0 spiro atoms. The molecular formula is C60H66N8O6S. The van der Waals surface area contributed by atoms with Crippen molar-refractivity contribution < 1.29 is 28.7 Å². The van der Waals surface area contributed by atoms with E-state index in [-0.39, 0.29) is 29.5 Å². The van der Waals surface area contributed by atoms with Gasteiger partial charge in [-0.3, -0.25) is 29.7 Å². The van der Waals surface area contributed by atoms with Crippen LogP contribution in [0.15, 0.2) is 91.0 Å². The Kier molecular flexibility index (Phi) is 14.0. The summed E-state index contributed by atoms with van der Waals surface area (Å²) in [4.78, 5) is 66.8. The van der Waals surface area contributed by atoms with Crippen LogP contribution in [0.25, 0.3) is 32.2 Å². The van der Waals surface area contributed by atoms with Crippen LogP contribution < -0.4 is 20.3 Å². The fourth-order valence-electron chi connectivity index (χ4n) is 11.8. The smallest absolute Gasteiger partial charge is 0.358 e. The third-order valence-corrected chi connectivity index (χ3v) is 16.7. The van der Waals surface area contributed by atoms with Crippen molar-refractivity contribution in [3.8, 4) is 16.9 Å². The van der Waals surface area contributed by atoms with Crippen molar-refractivity contribution in [2.75, 3.05) is 36.4 Å². The van der Waals surface area contributed by atoms with E-state index in [1.54, 1.807) is 0 Å². The van der Waals surface area contributed by atoms with Gasteiger partial charge in [-0.05, 0) is 181 Å². The molecule has 2 saturated heterocycles. The number of hydrogen-bond donors (Lipinski definition) is 2. The minimum absolute atomic E-state index is 0.118. The lowest BCUT2D eigenvalue weighted by atomic mass is 9.84. The summed E-state index contributed by atoms with van der Waals surface area (Å²) in [6.07, 6.45) is 9.49. The molecule has 4 aliphatic rings. The first-order valence-corrected chi connectivity index (χ1v) is 27.6. The Balaban J connectivity index is 0.706. The number of anilines is 2. The Labute approximate surface area is 442 Å². The number of thiazole rings is 1. The number of imide groups is 1. The van der Waals surface area contributed by atoms with Crippen molar-refractivity contribution >= 4 is 67.1 Å². The molecule has 3 aliphatic heterocycles. The van der Waals surface area contributed by atoms with E-state index >= 15 is 0 Å². The van der Waals surface area contributed by atoms with Crippen LogP contribution in [0.5, 0.6) is 5.75 Å². The predicted octanol–water partition coefficient (Wildman–Crippen LogP) is 11.1. The second kappa shape index (κ2) is 21.0. The molecule has 3 fully saturated rings. The molecule has 1 aliphatic carbocycles. The van der Waals surface area contributed by atoms with Crippen LogP contribution in [0.4, 0.5) is 10.9 Å². The van der Waals surface area contributed by atoms with Crippen LogP contribution in [0.1, 0.15) is 139 Å². The summed E-state index contributed by atoms with van der Waals surface area (Å²) in [6.45, 7) is 12.0. The molecule has 2 atom stereocenters. The van der Waals surface area contributed by atoms with Crippen LogP contribution in [-0.2, 0) is 34.3 Å². The molecule has 1 saturated carbocycles. The summed E-state index contributed by atoms with van der Waals surface area (Å²) in [6, 6.07) is 30.3. The van der Waals surface area contributed by atoms with Gasteiger partial charge in [-0.2, -0.15) is 5.10 Å². The third kappa shape index (κ3) is 10.8. The second-order valence-corrected chi connectivity index (χ2v) is 23.1. The molecule has 15 heteroatoms. The molecule has 2 N–H and O–H groups in total. The number of ether oxygens (including phenoxy) is 2. The highest BCUT2D eigenvalue weighted by Crippen LogP contribution is 2.39. The summed E-state index contributed by atoms with van der Waals surface area (Å²) in [7, 11) is 1.94. The van der Waals surface area contributed by atoms with E-state index in [1.165, 1.54) is 29.7 Å². The summed E-state index contributed by atoms with van der Waals surface area (Å²) < 4.78 is 15.7. The first-order valence-electron chi connectivity index (χ1n) is 26.8. The topological polar surface area (TPSA) is 161 Å². The number of nitrogens with zero attached hydrogens (tertiary/aromatic N) is 6. The minimum Gasteiger partial charge on any atom is -0.490 e. The van der Waals surface area contributed by atoms with E-state index in [0.717, 1.165) is 107 Å². The summed E-state index contributed by atoms with van der Waals surface area (Å²) >= 11 is 1.45. The van der Waals surface area contributed by atoms with Crippen molar-refractivity contribution in [2.24, 2.45) is 13.0 Å². The number of fused-ring (bicyclic) bond motifs is 3. The second-order valence-electron chi connectivity index (χ2n) is 22.0. The average molecular weight is 1030 g/mol. The number of aryl methyl sites for hydroxylation is 1. The van der Waals surface area contributed by atoms with Gasteiger partial charge in [-0.15, -0.1) is 0 Å². The molecule has 388 valence electrons. The lowest BCUT2D eigenvalue weighted by molar-refractivity contribution is -0.134. The van der Waals surface area contributed by atoms with Crippen molar-refractivity contribution in [3.05, 3.63) is 130 Å². The van der Waals surface area contributed by atoms with Crippen LogP contribution in [-0.4, -0.2) is 86.2 Å². The molecular weight excluding hydrogens is 961 g/mol. The average Bonchev–Trinajstić information content (AvgIpc) is 4.14. The van der Waals surface area contributed by atoms with Gasteiger partial charge in [0.2, 0.25) is 11.8 Å². The SMILES string of the molecule is Cc1c(OC2CCC(CCCN3CC[C@@H](c4ccc5c([C@@H]6CCC(=O)NC6=O)nn(C)c5c4)C3)CC2)cccc1-c1ccc(N2CCc3cccc(C(=O)Nc4nc5ccccc5s4)c3C2)nc1C(=O)OC(C)(C)C. The number of carbonyl (C=O) groups is 4. The van der Waals surface area contributed by atoms with Crippen molar-refractivity contribution in [1.29, 1.82) is 0 Å². The zero-order valence-corrected chi connectivity index (χ0v) is 44.4. The van der Waals surface area contributed by atoms with Crippen molar-refractivity contribution in [2.45, 2.75) is 122 Å². The number of nitrogens with one attached hydrogen (secondary N) is 2. The van der Waals surface area contributed by atoms with Crippen LogP contribution in [0, 0.1) is 12.8 Å². The van der Waals surface area contributed by atoms with Gasteiger partial charge in [0.1, 0.15) is 17.2 Å². The van der Waals surface area contributed by atoms with Crippen LogP contribution in [0.3, 0.4) is 0 Å². The molecule has 3 amide bonds. The van der Waals surface area contributed by atoms with Gasteiger partial charge in [0, 0.05) is 49.6 Å². The number of rotatable bonds is 13. The van der Waals surface area contributed by atoms with E-state index in [9.17, 15) is 19.2 Å². The fraction of sp³-hybridized carbons (Fsp3) is 0.417. The number of aromatic nitrogens is 4. The van der Waals surface area contributed by atoms with Gasteiger partial charge in [0.15, 0.2) is 10.8 Å². The van der Waals surface area contributed by atoms with E-state index in [4.69, 9.17) is 19.6 Å². The Morgan fingerprint density at radius 3 is 2.51 bits per heavy atom. The zero-order chi connectivity index (χ0) is 52.0. The van der Waals surface area contributed by atoms with Gasteiger partial charge >= 0.3 is 5.97 Å². The van der Waals surface area contributed by atoms with Crippen LogP contribution in [0.2, 0.25) is 0 Å². The first kappa shape index (κ1) is 50.2. The van der Waals surface area contributed by atoms with E-state index in [0.29, 0.717) is 66.3 Å². The quantitative estimate of drug-likeness (QED) is 0.0835. The van der Waals surface area contributed by atoms with E-state index in [2.05, 4.69) is 56.6 Å². The lowest BCUT2D eigenvalue weighted by Gasteiger charge is -2.31. The Morgan fingerprint density at radius 2 is 1.69 bits per heavy atom. The maximum absolute atomic E-state index is 14.1. The Bertz CT molecular complexity index is 3300. The molecule has 14 nitrogen and oxygen atoms in total. The highest BCUT2D eigenvalue weighted by molar-refractivity contribution is 7.22. The number of hydrogen-bond acceptors (Lipinski definition) is 12. The van der Waals surface area contributed by atoms with Gasteiger partial charge < -0.3 is 19.3 Å². The molecule has 0 radical (unpaired) electrons. The highest BCUT2D eigenvalue weighted by atomic mass is 32.1. The third-order valence-electron chi connectivity index (χ3n) is 15.8. The van der Waals surface area contributed by atoms with Crippen molar-refractivity contribution in [3.63, 3.8) is 0 Å². The van der Waals surface area contributed by atoms with Crippen molar-refractivity contribution in [1.82, 2.24) is 30.0 Å². The number of para-hydroxylation sites is 1. The summed E-state index contributed by atoms with van der Waals surface area (Å²) in [5, 5.41) is 11.8. The van der Waals surface area contributed by atoms with E-state index in [1.807, 2.05) is 99.2 Å². The summed E-state index contributed by atoms with van der Waals surface area (Å²) in [5.41, 5.74) is 8.63. The number of pyridine rings is 1. The van der Waals surface area contributed by atoms with E-state index < -0.39 is 17.5 Å². The Hall–Kier alpha value is -6.97. The summed E-state index contributed by atoms with van der Waals surface area (Å²) in [5.74, 6) is 1.05. The molecule has 7 aromatic rings. The Morgan fingerprint density at radius 1 is 0.867 bits per heavy atom. The zero-order valence-electron chi connectivity index (χ0n) is 43.6. The predicted molar refractivity (Wildman–Crippen MR) is 294 cm³/mol. The normalized spacial score (nSPS) is 20.3. The molecule has 0 unspecified atom stereocenters. The lowest BCUT2D eigenvalue weighted by Crippen LogP contribution is -2.39.